The van der Waals surface area contributed by atoms with E-state index in [0.29, 0.717) is 12.0 Å². The van der Waals surface area contributed by atoms with E-state index in [1.165, 1.54) is 127 Å². The van der Waals surface area contributed by atoms with Gasteiger partial charge in [-0.3, -0.25) is 0 Å². The van der Waals surface area contributed by atoms with Crippen LogP contribution < -0.4 is 9.80 Å². The Morgan fingerprint density at radius 1 is 0.300 bits per heavy atom. The van der Waals surface area contributed by atoms with Crippen LogP contribution in [0.2, 0.25) is 0 Å². The molecule has 380 valence electrons. The number of fused-ring (bicyclic) bond motifs is 4. The molecule has 0 radical (unpaired) electrons. The van der Waals surface area contributed by atoms with Gasteiger partial charge in [-0.2, -0.15) is 0 Å². The molecule has 15 rings (SSSR count). The van der Waals surface area contributed by atoms with E-state index in [9.17, 15) is 0 Å². The number of anilines is 2. The van der Waals surface area contributed by atoms with Crippen LogP contribution in [-0.4, -0.2) is 6.04 Å². The van der Waals surface area contributed by atoms with Crippen molar-refractivity contribution in [2.45, 2.75) is 31.3 Å². The molecule has 80 heavy (non-hydrogen) atoms. The van der Waals surface area contributed by atoms with Gasteiger partial charge in [0, 0.05) is 34.7 Å². The Kier molecular flexibility index (Phi) is 12.0. The van der Waals surface area contributed by atoms with Crippen LogP contribution >= 0.6 is 0 Å². The van der Waals surface area contributed by atoms with Crippen molar-refractivity contribution >= 4 is 65.9 Å². The molecule has 2 heterocycles. The van der Waals surface area contributed by atoms with E-state index in [1.54, 1.807) is 0 Å². The first kappa shape index (κ1) is 47.5. The monoisotopic (exact) mass is 1020 g/mol. The molecule has 0 spiro atoms. The van der Waals surface area contributed by atoms with Crippen LogP contribution in [-0.2, 0) is 0 Å². The van der Waals surface area contributed by atoms with Gasteiger partial charge >= 0.3 is 0 Å². The molecule has 2 nitrogen and oxygen atoms in total. The lowest BCUT2D eigenvalue weighted by Crippen LogP contribution is -2.35. The van der Waals surface area contributed by atoms with Gasteiger partial charge in [0.1, 0.15) is 0 Å². The van der Waals surface area contributed by atoms with E-state index in [4.69, 9.17) is 0 Å². The van der Waals surface area contributed by atoms with Crippen LogP contribution in [0.25, 0.3) is 99.0 Å². The van der Waals surface area contributed by atoms with E-state index < -0.39 is 0 Å². The maximum Gasteiger partial charge on any atom is 0.0626 e. The van der Waals surface area contributed by atoms with Gasteiger partial charge in [0.25, 0.3) is 0 Å². The Balaban J connectivity index is 0.887. The molecule has 3 unspecified atom stereocenters. The van der Waals surface area contributed by atoms with Crippen LogP contribution in [0.15, 0.2) is 297 Å². The smallest absolute Gasteiger partial charge is 0.0626 e. The first-order valence-electron chi connectivity index (χ1n) is 28.4. The molecule has 0 saturated carbocycles. The second-order valence-corrected chi connectivity index (χ2v) is 21.8. The number of allylic oxidation sites excluding steroid dienone is 3. The van der Waals surface area contributed by atoms with Crippen molar-refractivity contribution in [2.75, 3.05) is 9.80 Å². The summed E-state index contributed by atoms with van der Waals surface area (Å²) in [5, 5.41) is 9.87. The molecule has 0 aromatic heterocycles. The van der Waals surface area contributed by atoms with E-state index in [1.807, 2.05) is 0 Å². The Morgan fingerprint density at radius 3 is 1.27 bits per heavy atom. The molecular formula is C78H58N2. The minimum atomic E-state index is 0.208. The van der Waals surface area contributed by atoms with E-state index in [0.717, 1.165) is 19.3 Å². The van der Waals surface area contributed by atoms with Gasteiger partial charge in [0.05, 0.1) is 6.04 Å². The van der Waals surface area contributed by atoms with E-state index >= 15 is 0 Å². The summed E-state index contributed by atoms with van der Waals surface area (Å²) >= 11 is 0. The van der Waals surface area contributed by atoms with Crippen molar-refractivity contribution in [1.29, 1.82) is 0 Å². The highest BCUT2D eigenvalue weighted by atomic mass is 15.2. The van der Waals surface area contributed by atoms with Gasteiger partial charge in [-0.15, -0.1) is 0 Å². The third kappa shape index (κ3) is 8.52. The van der Waals surface area contributed by atoms with Gasteiger partial charge in [-0.25, -0.2) is 0 Å². The Labute approximate surface area is 468 Å². The highest BCUT2D eigenvalue weighted by Crippen LogP contribution is 2.49. The highest BCUT2D eigenvalue weighted by Gasteiger charge is 2.34. The van der Waals surface area contributed by atoms with Crippen molar-refractivity contribution in [1.82, 2.24) is 0 Å². The molecule has 0 N–H and O–H groups in total. The van der Waals surface area contributed by atoms with Crippen LogP contribution in [0.1, 0.15) is 42.0 Å². The fraction of sp³-hybridized carbons (Fsp3) is 0.0769. The topological polar surface area (TPSA) is 6.48 Å². The summed E-state index contributed by atoms with van der Waals surface area (Å²) in [5.74, 6) is 0.439. The van der Waals surface area contributed by atoms with Crippen molar-refractivity contribution in [3.8, 4) is 44.5 Å². The summed E-state index contributed by atoms with van der Waals surface area (Å²) in [5.41, 5.74) is 18.4. The largest absolute Gasteiger partial charge is 0.337 e. The number of hydrogen-bond acceptors (Lipinski definition) is 2. The SMILES string of the molecule is C1=CCC(C2CC=C(c3ccccc3)N2c2ccc(-c3ccc4c(-c5ccc6ccccc6c5)c5cc(-c6ccc(N7C(c8ccccc8)=CCC7c7ccccc7)cc6)ccc5c(-c5ccc6ccccc6c5)c4c3)cc2)C=C1. The van der Waals surface area contributed by atoms with Crippen LogP contribution in [0.5, 0.6) is 0 Å². The number of nitrogens with zero attached hydrogens (tertiary/aromatic N) is 2. The van der Waals surface area contributed by atoms with Gasteiger partial charge in [-0.05, 0) is 172 Å². The zero-order chi connectivity index (χ0) is 52.9. The molecule has 3 atom stereocenters. The molecule has 2 heteroatoms. The number of hydrogen-bond donors (Lipinski definition) is 0. The highest BCUT2D eigenvalue weighted by molar-refractivity contribution is 6.23. The predicted octanol–water partition coefficient (Wildman–Crippen LogP) is 20.7. The Bertz CT molecular complexity index is 4430. The van der Waals surface area contributed by atoms with E-state index in [-0.39, 0.29) is 6.04 Å². The summed E-state index contributed by atoms with van der Waals surface area (Å²) in [4.78, 5) is 5.14. The summed E-state index contributed by atoms with van der Waals surface area (Å²) < 4.78 is 0. The predicted molar refractivity (Wildman–Crippen MR) is 341 cm³/mol. The fourth-order valence-electron chi connectivity index (χ4n) is 13.3. The molecule has 0 amide bonds. The van der Waals surface area contributed by atoms with Crippen molar-refractivity contribution in [3.05, 3.63) is 314 Å². The second kappa shape index (κ2) is 20.2. The standard InChI is InChI=1S/C78H58N2/c1-5-19-57(20-6-1)73-45-46-74(58-21-7-2-8-22-58)79(73)67-39-33-55(34-40-67)63-37-43-69-71(51-63)77(65-31-29-53-17-13-15-27-61(53)49-65)70-44-38-64(52-72(70)78(69)66-32-30-54-18-14-16-28-62(54)50-66)56-35-41-68(42-36-56)80-75(59-23-9-3-10-24-59)47-48-76(80)60-25-11-4-12-26-60/h1-25,27-45,47,49-52,60,74,76H,26,46,48H2. The van der Waals surface area contributed by atoms with Crippen LogP contribution in [0.3, 0.4) is 0 Å². The summed E-state index contributed by atoms with van der Waals surface area (Å²) in [6.07, 6.45) is 17.0. The van der Waals surface area contributed by atoms with Gasteiger partial charge in [-0.1, -0.05) is 249 Å². The average molecular weight is 1020 g/mol. The third-order valence-electron chi connectivity index (χ3n) is 17.2. The zero-order valence-corrected chi connectivity index (χ0v) is 44.5. The Hall–Kier alpha value is -9.76. The minimum absolute atomic E-state index is 0.208. The van der Waals surface area contributed by atoms with Gasteiger partial charge in [0.2, 0.25) is 0 Å². The molecule has 1 aliphatic carbocycles. The lowest BCUT2D eigenvalue weighted by Gasteiger charge is -2.35. The van der Waals surface area contributed by atoms with Crippen LogP contribution in [0, 0.1) is 5.92 Å². The van der Waals surface area contributed by atoms with Gasteiger partial charge in [0.15, 0.2) is 0 Å². The summed E-state index contributed by atoms with van der Waals surface area (Å²) in [7, 11) is 0. The second-order valence-electron chi connectivity index (χ2n) is 21.8. The minimum Gasteiger partial charge on any atom is -0.337 e. The van der Waals surface area contributed by atoms with Crippen molar-refractivity contribution in [2.24, 2.45) is 5.92 Å². The fourth-order valence-corrected chi connectivity index (χ4v) is 13.3. The molecule has 0 saturated heterocycles. The molecule has 12 aromatic carbocycles. The van der Waals surface area contributed by atoms with Crippen molar-refractivity contribution in [3.63, 3.8) is 0 Å². The van der Waals surface area contributed by atoms with Crippen molar-refractivity contribution < 1.29 is 0 Å². The van der Waals surface area contributed by atoms with E-state index in [2.05, 4.69) is 307 Å². The normalized spacial score (nSPS) is 17.0. The molecule has 0 bridgehead atoms. The molecule has 3 aliphatic rings. The number of rotatable bonds is 10. The third-order valence-corrected chi connectivity index (χ3v) is 17.2. The molecule has 2 aliphatic heterocycles. The molecule has 12 aromatic rings. The summed E-state index contributed by atoms with van der Waals surface area (Å²) in [6.45, 7) is 0. The maximum absolute atomic E-state index is 2.60. The first-order chi connectivity index (χ1) is 39.7. The quantitative estimate of drug-likeness (QED) is 0.126. The first-order valence-corrected chi connectivity index (χ1v) is 28.4. The number of benzene rings is 12. The lowest BCUT2D eigenvalue weighted by molar-refractivity contribution is 0.514. The Morgan fingerprint density at radius 2 is 0.750 bits per heavy atom. The maximum atomic E-state index is 2.60. The molecule has 0 fully saturated rings. The van der Waals surface area contributed by atoms with Crippen LogP contribution in [0.4, 0.5) is 11.4 Å². The summed E-state index contributed by atoms with van der Waals surface area (Å²) in [6, 6.07) is 97.9. The van der Waals surface area contributed by atoms with Gasteiger partial charge < -0.3 is 9.80 Å². The zero-order valence-electron chi connectivity index (χ0n) is 44.5. The lowest BCUT2D eigenvalue weighted by atomic mass is 9.83. The average Bonchev–Trinajstić information content (AvgIpc) is 4.33. The molecular weight excluding hydrogens is 965 g/mol.